The smallest absolute Gasteiger partial charge is 0.338 e. The van der Waals surface area contributed by atoms with Gasteiger partial charge in [-0.15, -0.1) is 0 Å². The quantitative estimate of drug-likeness (QED) is 0.291. The van der Waals surface area contributed by atoms with E-state index in [1.807, 2.05) is 58.8 Å². The Bertz CT molecular complexity index is 1500. The number of hydrogen-bond acceptors (Lipinski definition) is 9. The summed E-state index contributed by atoms with van der Waals surface area (Å²) in [4.78, 5) is 32.8. The maximum Gasteiger partial charge on any atom is 0.338 e. The number of hydrogen-bond donors (Lipinski definition) is 1. The van der Waals surface area contributed by atoms with Gasteiger partial charge < -0.3 is 28.8 Å². The predicted molar refractivity (Wildman–Crippen MR) is 156 cm³/mol. The summed E-state index contributed by atoms with van der Waals surface area (Å²) in [6, 6.07) is 18.5. The molecule has 0 spiro atoms. The Hall–Kier alpha value is -4.44. The van der Waals surface area contributed by atoms with Crippen LogP contribution in [0.2, 0.25) is 0 Å². The number of ether oxygens (including phenoxy) is 3. The molecule has 10 heteroatoms. The number of benzene rings is 2. The molecule has 1 amide bonds. The van der Waals surface area contributed by atoms with Crippen LogP contribution in [0.15, 0.2) is 98.7 Å². The summed E-state index contributed by atoms with van der Waals surface area (Å²) in [6.45, 7) is 4.45. The lowest BCUT2D eigenvalue weighted by Crippen LogP contribution is -2.38. The van der Waals surface area contributed by atoms with Crippen LogP contribution in [0.25, 0.3) is 0 Å². The van der Waals surface area contributed by atoms with Gasteiger partial charge in [-0.05, 0) is 54.6 Å². The second-order valence-electron chi connectivity index (χ2n) is 9.33. The number of esters is 1. The molecule has 41 heavy (non-hydrogen) atoms. The van der Waals surface area contributed by atoms with Crippen LogP contribution in [0.3, 0.4) is 0 Å². The van der Waals surface area contributed by atoms with E-state index in [1.165, 1.54) is 11.8 Å². The van der Waals surface area contributed by atoms with Gasteiger partial charge in [0, 0.05) is 5.70 Å². The van der Waals surface area contributed by atoms with E-state index in [1.54, 1.807) is 39.4 Å². The predicted octanol–water partition coefficient (Wildman–Crippen LogP) is 5.71. The lowest BCUT2D eigenvalue weighted by atomic mass is 9.93. The van der Waals surface area contributed by atoms with Gasteiger partial charge in [0.15, 0.2) is 16.7 Å². The van der Waals surface area contributed by atoms with Crippen molar-refractivity contribution in [2.45, 2.75) is 39.5 Å². The molecule has 0 bridgehead atoms. The van der Waals surface area contributed by atoms with Gasteiger partial charge in [0.05, 0.1) is 50.3 Å². The maximum atomic E-state index is 13.3. The van der Waals surface area contributed by atoms with Gasteiger partial charge in [0.1, 0.15) is 12.4 Å². The number of rotatable bonds is 11. The Balaban J connectivity index is 1.44. The average molecular weight is 574 g/mol. The Morgan fingerprint density at radius 3 is 2.66 bits per heavy atom. The van der Waals surface area contributed by atoms with E-state index in [0.29, 0.717) is 46.0 Å². The summed E-state index contributed by atoms with van der Waals surface area (Å²) in [6.07, 6.45) is 1.66. The number of nitrogens with zero attached hydrogens (tertiary/aromatic N) is 2. The van der Waals surface area contributed by atoms with Crippen molar-refractivity contribution in [2.75, 3.05) is 13.7 Å². The molecule has 5 rings (SSSR count). The van der Waals surface area contributed by atoms with Crippen LogP contribution in [0.1, 0.15) is 43.2 Å². The Morgan fingerprint density at radius 1 is 1.10 bits per heavy atom. The van der Waals surface area contributed by atoms with Crippen LogP contribution in [0, 0.1) is 0 Å². The van der Waals surface area contributed by atoms with Crippen molar-refractivity contribution in [3.8, 4) is 11.5 Å². The molecule has 0 aliphatic carbocycles. The monoisotopic (exact) mass is 573 g/mol. The zero-order valence-electron chi connectivity index (χ0n) is 23.1. The third kappa shape index (κ3) is 6.33. The van der Waals surface area contributed by atoms with Gasteiger partial charge in [-0.1, -0.05) is 48.2 Å². The molecule has 0 saturated heterocycles. The van der Waals surface area contributed by atoms with E-state index in [-0.39, 0.29) is 25.5 Å². The SMILES string of the molecule is CCOC(=O)C1=C(C)N=C2SC=C(CC(=O)NCc3ccco3)N2[C@H]1c1ccc(OCc2ccccc2)c(OC)c1. The van der Waals surface area contributed by atoms with Gasteiger partial charge in [-0.25, -0.2) is 9.79 Å². The van der Waals surface area contributed by atoms with Crippen molar-refractivity contribution in [2.24, 2.45) is 4.99 Å². The Morgan fingerprint density at radius 2 is 1.93 bits per heavy atom. The second-order valence-corrected chi connectivity index (χ2v) is 10.2. The number of nitrogens with one attached hydrogen (secondary N) is 1. The fraction of sp³-hybridized carbons (Fsp3) is 0.258. The Kier molecular flexibility index (Phi) is 8.79. The molecule has 2 aliphatic heterocycles. The molecule has 0 unspecified atom stereocenters. The average Bonchev–Trinajstić information content (AvgIpc) is 3.65. The number of carbonyl (C=O) groups is 2. The van der Waals surface area contributed by atoms with Crippen molar-refractivity contribution in [1.29, 1.82) is 0 Å². The first kappa shape index (κ1) is 28.1. The lowest BCUT2D eigenvalue weighted by molar-refractivity contribution is -0.139. The number of thioether (sulfide) groups is 1. The first-order valence-corrected chi connectivity index (χ1v) is 14.1. The summed E-state index contributed by atoms with van der Waals surface area (Å²) in [5, 5.41) is 5.46. The molecular weight excluding hydrogens is 542 g/mol. The van der Waals surface area contributed by atoms with Crippen molar-refractivity contribution in [3.63, 3.8) is 0 Å². The summed E-state index contributed by atoms with van der Waals surface area (Å²) >= 11 is 1.41. The summed E-state index contributed by atoms with van der Waals surface area (Å²) in [5.74, 6) is 1.12. The van der Waals surface area contributed by atoms with E-state index in [0.717, 1.165) is 11.1 Å². The normalized spacial score (nSPS) is 16.1. The molecule has 0 saturated carbocycles. The first-order valence-electron chi connectivity index (χ1n) is 13.2. The molecule has 3 heterocycles. The highest BCUT2D eigenvalue weighted by Gasteiger charge is 2.41. The zero-order valence-corrected chi connectivity index (χ0v) is 23.9. The maximum absolute atomic E-state index is 13.3. The van der Waals surface area contributed by atoms with E-state index in [2.05, 4.69) is 5.32 Å². The van der Waals surface area contributed by atoms with Crippen molar-refractivity contribution in [1.82, 2.24) is 10.2 Å². The van der Waals surface area contributed by atoms with Gasteiger partial charge in [0.2, 0.25) is 5.91 Å². The van der Waals surface area contributed by atoms with Gasteiger partial charge in [0.25, 0.3) is 0 Å². The van der Waals surface area contributed by atoms with Crippen molar-refractivity contribution in [3.05, 3.63) is 106 Å². The second kappa shape index (κ2) is 12.8. The number of aliphatic imine (C=N–C) groups is 1. The summed E-state index contributed by atoms with van der Waals surface area (Å²) in [5.41, 5.74) is 3.48. The third-order valence-electron chi connectivity index (χ3n) is 6.62. The number of methoxy groups -OCH3 is 1. The van der Waals surface area contributed by atoms with Crippen molar-refractivity contribution >= 4 is 28.8 Å². The highest BCUT2D eigenvalue weighted by atomic mass is 32.2. The topological polar surface area (TPSA) is 103 Å². The standard InChI is InChI=1S/C31H31N3O6S/c1-4-38-30(36)28-20(2)33-31-34(23(19-41-31)16-27(35)32-17-24-11-8-14-39-24)29(28)22-12-13-25(26(15-22)37-3)40-18-21-9-6-5-7-10-21/h5-15,19,29H,4,16-18H2,1-3H3,(H,32,35)/t29-/m0/s1. The van der Waals surface area contributed by atoms with Gasteiger partial charge in [-0.2, -0.15) is 0 Å². The fourth-order valence-electron chi connectivity index (χ4n) is 4.69. The highest BCUT2D eigenvalue weighted by Crippen LogP contribution is 2.46. The molecule has 1 N–H and O–H groups in total. The molecular formula is C31H31N3O6S. The minimum Gasteiger partial charge on any atom is -0.493 e. The highest BCUT2D eigenvalue weighted by molar-refractivity contribution is 8.16. The minimum atomic E-state index is -0.585. The molecule has 2 aliphatic rings. The molecule has 9 nitrogen and oxygen atoms in total. The molecule has 2 aromatic carbocycles. The van der Waals surface area contributed by atoms with E-state index in [9.17, 15) is 9.59 Å². The number of fused-ring (bicyclic) bond motifs is 1. The third-order valence-corrected chi connectivity index (χ3v) is 7.51. The molecule has 0 radical (unpaired) electrons. The first-order chi connectivity index (χ1) is 20.0. The molecule has 0 fully saturated rings. The number of allylic oxidation sites excluding steroid dienone is 1. The fourth-order valence-corrected chi connectivity index (χ4v) is 5.65. The Labute approximate surface area is 242 Å². The largest absolute Gasteiger partial charge is 0.493 e. The number of amides is 1. The van der Waals surface area contributed by atoms with Gasteiger partial charge >= 0.3 is 5.97 Å². The van der Waals surface area contributed by atoms with Crippen LogP contribution in [0.4, 0.5) is 0 Å². The van der Waals surface area contributed by atoms with Crippen LogP contribution in [0.5, 0.6) is 11.5 Å². The molecule has 1 aromatic heterocycles. The number of amidine groups is 1. The van der Waals surface area contributed by atoms with Crippen LogP contribution >= 0.6 is 11.8 Å². The molecule has 212 valence electrons. The van der Waals surface area contributed by atoms with E-state index < -0.39 is 12.0 Å². The van der Waals surface area contributed by atoms with E-state index >= 15 is 0 Å². The minimum absolute atomic E-state index is 0.0911. The summed E-state index contributed by atoms with van der Waals surface area (Å²) in [7, 11) is 1.58. The zero-order chi connectivity index (χ0) is 28.8. The molecule has 1 atom stereocenters. The van der Waals surface area contributed by atoms with Crippen molar-refractivity contribution < 1.29 is 28.2 Å². The lowest BCUT2D eigenvalue weighted by Gasteiger charge is -2.36. The van der Waals surface area contributed by atoms with Crippen LogP contribution in [-0.2, 0) is 27.5 Å². The van der Waals surface area contributed by atoms with E-state index in [4.69, 9.17) is 23.6 Å². The van der Waals surface area contributed by atoms with Crippen LogP contribution in [-0.4, -0.2) is 35.7 Å². The van der Waals surface area contributed by atoms with Gasteiger partial charge in [-0.3, -0.25) is 4.79 Å². The summed E-state index contributed by atoms with van der Waals surface area (Å²) < 4.78 is 22.5. The van der Waals surface area contributed by atoms with Crippen LogP contribution < -0.4 is 14.8 Å². The number of carbonyl (C=O) groups excluding carboxylic acids is 2. The number of furan rings is 1. The molecule has 3 aromatic rings.